The number of oxazole rings is 1. The smallest absolute Gasteiger partial charge is 0.226 e. The molecule has 0 spiro atoms. The van der Waals surface area contributed by atoms with Gasteiger partial charge in [0, 0.05) is 22.6 Å². The first-order valence-corrected chi connectivity index (χ1v) is 14.6. The molecule has 0 bridgehead atoms. The molecule has 208 valence electrons. The van der Waals surface area contributed by atoms with Crippen LogP contribution >= 0.6 is 11.6 Å². The lowest BCUT2D eigenvalue weighted by Gasteiger charge is -2.24. The Kier molecular flexibility index (Phi) is 7.43. The highest BCUT2D eigenvalue weighted by Crippen LogP contribution is 2.37. The Morgan fingerprint density at radius 3 is 2.14 bits per heavy atom. The number of halogens is 1. The van der Waals surface area contributed by atoms with Crippen LogP contribution < -0.4 is 5.01 Å². The van der Waals surface area contributed by atoms with E-state index in [0.29, 0.717) is 5.89 Å². The van der Waals surface area contributed by atoms with Crippen LogP contribution in [-0.4, -0.2) is 10.7 Å². The lowest BCUT2D eigenvalue weighted by atomic mass is 9.98. The second-order valence-electron chi connectivity index (χ2n) is 10.5. The predicted molar refractivity (Wildman–Crippen MR) is 177 cm³/mol. The van der Waals surface area contributed by atoms with Crippen LogP contribution in [0, 0.1) is 0 Å². The van der Waals surface area contributed by atoms with Gasteiger partial charge in [-0.2, -0.15) is 5.10 Å². The molecule has 7 rings (SSSR count). The van der Waals surface area contributed by atoms with Crippen molar-refractivity contribution in [1.29, 1.82) is 0 Å². The van der Waals surface area contributed by atoms with Gasteiger partial charge in [-0.3, -0.25) is 5.01 Å². The van der Waals surface area contributed by atoms with E-state index in [1.165, 1.54) is 5.56 Å². The normalized spacial score (nSPS) is 14.8. The number of anilines is 1. The molecule has 0 aliphatic carbocycles. The first-order valence-electron chi connectivity index (χ1n) is 14.3. The Balaban J connectivity index is 1.11. The van der Waals surface area contributed by atoms with Crippen molar-refractivity contribution in [2.75, 3.05) is 5.01 Å². The minimum atomic E-state index is 0.119. The summed E-state index contributed by atoms with van der Waals surface area (Å²) in [7, 11) is 0. The molecule has 0 amide bonds. The van der Waals surface area contributed by atoms with E-state index in [0.717, 1.165) is 56.4 Å². The molecular formula is C38H28ClN3O. The summed E-state index contributed by atoms with van der Waals surface area (Å²) in [6.45, 7) is 0. The average molecular weight is 578 g/mol. The van der Waals surface area contributed by atoms with Crippen molar-refractivity contribution in [3.63, 3.8) is 0 Å². The van der Waals surface area contributed by atoms with Crippen molar-refractivity contribution in [3.8, 4) is 22.8 Å². The number of hydrogen-bond donors (Lipinski definition) is 0. The molecule has 5 aromatic carbocycles. The molecule has 2 heterocycles. The summed E-state index contributed by atoms with van der Waals surface area (Å²) in [6, 6.07) is 45.4. The molecule has 1 aromatic heterocycles. The number of hydrogen-bond acceptors (Lipinski definition) is 4. The van der Waals surface area contributed by atoms with Gasteiger partial charge in [0.1, 0.15) is 0 Å². The van der Waals surface area contributed by atoms with Gasteiger partial charge in [-0.15, -0.1) is 0 Å². The van der Waals surface area contributed by atoms with Crippen molar-refractivity contribution in [3.05, 3.63) is 167 Å². The Hall–Kier alpha value is -5.19. The second kappa shape index (κ2) is 12.0. The Labute approximate surface area is 256 Å². The fourth-order valence-corrected chi connectivity index (χ4v) is 5.48. The van der Waals surface area contributed by atoms with Crippen LogP contribution in [0.25, 0.3) is 34.9 Å². The predicted octanol–water partition coefficient (Wildman–Crippen LogP) is 10.2. The number of hydrazone groups is 1. The maximum Gasteiger partial charge on any atom is 0.226 e. The topological polar surface area (TPSA) is 41.6 Å². The summed E-state index contributed by atoms with van der Waals surface area (Å²) in [5.74, 6) is 1.37. The van der Waals surface area contributed by atoms with Crippen LogP contribution in [0.4, 0.5) is 5.69 Å². The molecule has 1 atom stereocenters. The lowest BCUT2D eigenvalue weighted by Crippen LogP contribution is -2.18. The van der Waals surface area contributed by atoms with Crippen LogP contribution in [-0.2, 0) is 0 Å². The number of nitrogens with zero attached hydrogens (tertiary/aromatic N) is 3. The number of benzene rings is 5. The first kappa shape index (κ1) is 26.7. The molecule has 43 heavy (non-hydrogen) atoms. The monoisotopic (exact) mass is 577 g/mol. The van der Waals surface area contributed by atoms with Gasteiger partial charge in [0.2, 0.25) is 5.89 Å². The molecule has 1 aliphatic rings. The van der Waals surface area contributed by atoms with Crippen LogP contribution in [0.3, 0.4) is 0 Å². The minimum absolute atomic E-state index is 0.119. The molecular weight excluding hydrogens is 550 g/mol. The van der Waals surface area contributed by atoms with Crippen molar-refractivity contribution in [2.24, 2.45) is 5.10 Å². The van der Waals surface area contributed by atoms with E-state index in [1.807, 2.05) is 72.8 Å². The van der Waals surface area contributed by atoms with E-state index in [2.05, 4.69) is 82.8 Å². The second-order valence-corrected chi connectivity index (χ2v) is 10.9. The highest BCUT2D eigenvalue weighted by Gasteiger charge is 2.29. The van der Waals surface area contributed by atoms with E-state index in [9.17, 15) is 0 Å². The molecule has 0 N–H and O–H groups in total. The minimum Gasteiger partial charge on any atom is -0.436 e. The van der Waals surface area contributed by atoms with Crippen LogP contribution in [0.2, 0.25) is 5.02 Å². The molecule has 0 saturated heterocycles. The maximum absolute atomic E-state index is 6.14. The number of aromatic nitrogens is 1. The molecule has 0 fully saturated rings. The highest BCUT2D eigenvalue weighted by molar-refractivity contribution is 6.30. The summed E-state index contributed by atoms with van der Waals surface area (Å²) >= 11 is 6.14. The van der Waals surface area contributed by atoms with Gasteiger partial charge >= 0.3 is 0 Å². The summed E-state index contributed by atoms with van der Waals surface area (Å²) in [6.07, 6.45) is 6.83. The average Bonchev–Trinajstić information content (AvgIpc) is 3.75. The van der Waals surface area contributed by atoms with E-state index in [1.54, 1.807) is 6.20 Å². The zero-order chi connectivity index (χ0) is 29.0. The first-order chi connectivity index (χ1) is 21.2. The van der Waals surface area contributed by atoms with Crippen LogP contribution in [0.5, 0.6) is 0 Å². The Morgan fingerprint density at radius 2 is 1.37 bits per heavy atom. The number of rotatable bonds is 7. The fraction of sp³-hybridized carbons (Fsp3) is 0.0526. The third kappa shape index (κ3) is 5.92. The quantitative estimate of drug-likeness (QED) is 0.177. The summed E-state index contributed by atoms with van der Waals surface area (Å²) in [5, 5.41) is 7.93. The largest absolute Gasteiger partial charge is 0.436 e. The van der Waals surface area contributed by atoms with Gasteiger partial charge in [0.05, 0.1) is 23.6 Å². The van der Waals surface area contributed by atoms with Crippen molar-refractivity contribution < 1.29 is 4.42 Å². The molecule has 0 unspecified atom stereocenters. The third-order valence-corrected chi connectivity index (χ3v) is 7.85. The Morgan fingerprint density at radius 1 is 0.674 bits per heavy atom. The van der Waals surface area contributed by atoms with Crippen LogP contribution in [0.1, 0.15) is 34.7 Å². The lowest BCUT2D eigenvalue weighted by molar-refractivity contribution is 0.589. The van der Waals surface area contributed by atoms with Crippen molar-refractivity contribution in [1.82, 2.24) is 4.98 Å². The van der Waals surface area contributed by atoms with Crippen molar-refractivity contribution in [2.45, 2.75) is 12.5 Å². The zero-order valence-electron chi connectivity index (χ0n) is 23.3. The molecule has 4 nitrogen and oxygen atoms in total. The van der Waals surface area contributed by atoms with E-state index >= 15 is 0 Å². The van der Waals surface area contributed by atoms with Crippen LogP contribution in [0.15, 0.2) is 149 Å². The highest BCUT2D eigenvalue weighted by atomic mass is 35.5. The van der Waals surface area contributed by atoms with Gasteiger partial charge in [0.15, 0.2) is 5.76 Å². The van der Waals surface area contributed by atoms with E-state index in [-0.39, 0.29) is 6.04 Å². The van der Waals surface area contributed by atoms with Gasteiger partial charge in [0.25, 0.3) is 0 Å². The third-order valence-electron chi connectivity index (χ3n) is 7.60. The maximum atomic E-state index is 6.14. The standard InChI is InChI=1S/C38H28ClN3O/c39-33-20-18-29(19-21-33)35-25-36(30-9-3-1-4-10-30)42(41-35)34-22-16-27(17-23-34)14-15-28-8-7-13-32(24-28)38-40-26-37(43-38)31-11-5-2-6-12-31/h1-24,26,36H,25H2/b15-14+/t36-/m1/s1. The van der Waals surface area contributed by atoms with Gasteiger partial charge in [-0.25, -0.2) is 4.98 Å². The van der Waals surface area contributed by atoms with Gasteiger partial charge < -0.3 is 4.42 Å². The van der Waals surface area contributed by atoms with Gasteiger partial charge in [-0.05, 0) is 58.7 Å². The molecule has 0 radical (unpaired) electrons. The van der Waals surface area contributed by atoms with Gasteiger partial charge in [-0.1, -0.05) is 121 Å². The fourth-order valence-electron chi connectivity index (χ4n) is 5.35. The summed E-state index contributed by atoms with van der Waals surface area (Å²) in [4.78, 5) is 4.51. The van der Waals surface area contributed by atoms with E-state index < -0.39 is 0 Å². The van der Waals surface area contributed by atoms with E-state index in [4.69, 9.17) is 21.1 Å². The zero-order valence-corrected chi connectivity index (χ0v) is 24.1. The Bertz CT molecular complexity index is 1890. The SMILES string of the molecule is Clc1ccc(C2=NN(c3ccc(/C=C/c4cccc(-c5ncc(-c6ccccc6)o5)c4)cc3)[C@@H](c3ccccc3)C2)cc1. The summed E-state index contributed by atoms with van der Waals surface area (Å²) in [5.41, 5.74) is 8.56. The summed E-state index contributed by atoms with van der Waals surface area (Å²) < 4.78 is 6.06. The van der Waals surface area contributed by atoms with Crippen molar-refractivity contribution >= 4 is 35.2 Å². The molecule has 6 aromatic rings. The molecule has 5 heteroatoms. The molecule has 0 saturated carbocycles. The molecule has 1 aliphatic heterocycles.